The fraction of sp³-hybridized carbons (Fsp3) is 0.360. The van der Waals surface area contributed by atoms with Crippen LogP contribution in [0.2, 0.25) is 0 Å². The highest BCUT2D eigenvalue weighted by Crippen LogP contribution is 2.19. The highest BCUT2D eigenvalue weighted by atomic mass is 32.2. The number of sulfonamides is 1. The number of aromatic nitrogens is 1. The van der Waals surface area contributed by atoms with Crippen LogP contribution in [0.15, 0.2) is 71.9 Å². The van der Waals surface area contributed by atoms with Crippen LogP contribution < -0.4 is 10.0 Å². The second-order valence-electron chi connectivity index (χ2n) is 9.00. The van der Waals surface area contributed by atoms with Crippen molar-refractivity contribution in [3.8, 4) is 0 Å². The number of pyridine rings is 1. The van der Waals surface area contributed by atoms with Crippen LogP contribution in [0.3, 0.4) is 0 Å². The Balaban J connectivity index is 1.76. The summed E-state index contributed by atoms with van der Waals surface area (Å²) in [5.74, 6) is -0.504. The van der Waals surface area contributed by atoms with E-state index in [2.05, 4.69) is 15.0 Å². The van der Waals surface area contributed by atoms with Gasteiger partial charge in [-0.15, -0.1) is 0 Å². The van der Waals surface area contributed by atoms with Crippen LogP contribution >= 0.6 is 0 Å². The van der Waals surface area contributed by atoms with Gasteiger partial charge in [-0.2, -0.15) is 0 Å². The van der Waals surface area contributed by atoms with Gasteiger partial charge in [-0.25, -0.2) is 13.1 Å². The Morgan fingerprint density at radius 3 is 2.48 bits per heavy atom. The van der Waals surface area contributed by atoms with Crippen molar-refractivity contribution in [2.45, 2.75) is 56.7 Å². The maximum atomic E-state index is 13.1. The number of rotatable bonds is 9. The molecule has 0 aliphatic heterocycles. The molecule has 1 unspecified atom stereocenters. The number of carbonyl (C=O) groups is 1. The van der Waals surface area contributed by atoms with E-state index >= 15 is 0 Å². The normalized spacial score (nSPS) is 14.1. The van der Waals surface area contributed by atoms with Gasteiger partial charge in [-0.3, -0.25) is 9.78 Å². The molecule has 2 aromatic carbocycles. The van der Waals surface area contributed by atoms with Crippen LogP contribution in [-0.2, 0) is 26.0 Å². The highest BCUT2D eigenvalue weighted by molar-refractivity contribution is 7.89. The van der Waals surface area contributed by atoms with Crippen LogP contribution in [0.5, 0.6) is 0 Å². The molecule has 0 bridgehead atoms. The number of carbonyl (C=O) groups excluding carboxylic acids is 1. The molecule has 0 saturated carbocycles. The van der Waals surface area contributed by atoms with Crippen molar-refractivity contribution in [1.29, 1.82) is 0 Å². The molecule has 3 rings (SSSR count). The molecule has 0 aliphatic carbocycles. The first kappa shape index (κ1) is 24.8. The van der Waals surface area contributed by atoms with Gasteiger partial charge >= 0.3 is 5.97 Å². The Bertz CT molecular complexity index is 1190. The zero-order valence-electron chi connectivity index (χ0n) is 19.4. The van der Waals surface area contributed by atoms with E-state index in [1.165, 1.54) is 6.07 Å². The first-order valence-corrected chi connectivity index (χ1v) is 12.4. The van der Waals surface area contributed by atoms with E-state index in [9.17, 15) is 13.2 Å². The molecule has 1 heterocycles. The summed E-state index contributed by atoms with van der Waals surface area (Å²) in [7, 11) is -3.87. The Morgan fingerprint density at radius 2 is 1.79 bits per heavy atom. The molecule has 0 saturated heterocycles. The topological polar surface area (TPSA) is 97.4 Å². The minimum absolute atomic E-state index is 0.125. The summed E-state index contributed by atoms with van der Waals surface area (Å²) in [5, 5.41) is 4.80. The van der Waals surface area contributed by atoms with Gasteiger partial charge in [0.15, 0.2) is 0 Å². The monoisotopic (exact) mass is 469 g/mol. The number of hydrogen-bond acceptors (Lipinski definition) is 6. The van der Waals surface area contributed by atoms with Crippen molar-refractivity contribution in [3.05, 3.63) is 72.6 Å². The average molecular weight is 470 g/mol. The van der Waals surface area contributed by atoms with Gasteiger partial charge in [0.2, 0.25) is 10.0 Å². The van der Waals surface area contributed by atoms with Crippen molar-refractivity contribution in [2.24, 2.45) is 0 Å². The van der Waals surface area contributed by atoms with Gasteiger partial charge in [0, 0.05) is 30.4 Å². The molecule has 2 N–H and O–H groups in total. The largest absolute Gasteiger partial charge is 0.459 e. The molecule has 8 heteroatoms. The number of nitrogens with one attached hydrogen (secondary N) is 2. The lowest BCUT2D eigenvalue weighted by molar-refractivity contribution is -0.158. The molecule has 176 valence electrons. The Kier molecular flexibility index (Phi) is 7.84. The van der Waals surface area contributed by atoms with Gasteiger partial charge in [0.25, 0.3) is 0 Å². The highest BCUT2D eigenvalue weighted by Gasteiger charge is 2.32. The number of hydrogen-bond donors (Lipinski definition) is 2. The Hall–Kier alpha value is -2.81. The van der Waals surface area contributed by atoms with E-state index in [4.69, 9.17) is 4.74 Å². The van der Waals surface area contributed by atoms with Crippen molar-refractivity contribution in [3.63, 3.8) is 0 Å². The first-order chi connectivity index (χ1) is 15.5. The van der Waals surface area contributed by atoms with Crippen molar-refractivity contribution >= 4 is 26.8 Å². The van der Waals surface area contributed by atoms with Crippen molar-refractivity contribution in [1.82, 2.24) is 15.0 Å². The molecular formula is C25H31N3O4S. The van der Waals surface area contributed by atoms with E-state index in [0.29, 0.717) is 13.0 Å². The summed E-state index contributed by atoms with van der Waals surface area (Å²) >= 11 is 0. The van der Waals surface area contributed by atoms with Crippen LogP contribution in [0.4, 0.5) is 0 Å². The van der Waals surface area contributed by atoms with Gasteiger partial charge in [0.1, 0.15) is 11.6 Å². The Morgan fingerprint density at radius 1 is 1.06 bits per heavy atom. The summed E-state index contributed by atoms with van der Waals surface area (Å²) in [6.07, 6.45) is 3.99. The van der Waals surface area contributed by atoms with E-state index in [1.54, 1.807) is 58.3 Å². The number of benzene rings is 2. The third-order valence-electron chi connectivity index (χ3n) is 5.04. The summed E-state index contributed by atoms with van der Waals surface area (Å²) in [4.78, 5) is 17.1. The van der Waals surface area contributed by atoms with Gasteiger partial charge in [-0.05, 0) is 63.3 Å². The van der Waals surface area contributed by atoms with Crippen molar-refractivity contribution in [2.75, 3.05) is 6.54 Å². The molecule has 3 aromatic rings. The fourth-order valence-corrected chi connectivity index (χ4v) is 4.75. The lowest BCUT2D eigenvalue weighted by Crippen LogP contribution is -2.54. The quantitative estimate of drug-likeness (QED) is 0.466. The van der Waals surface area contributed by atoms with Gasteiger partial charge < -0.3 is 10.1 Å². The molecule has 0 radical (unpaired) electrons. The number of ether oxygens (including phenoxy) is 1. The van der Waals surface area contributed by atoms with Gasteiger partial charge in [0.05, 0.1) is 4.90 Å². The number of esters is 1. The van der Waals surface area contributed by atoms with E-state index < -0.39 is 33.7 Å². The molecule has 33 heavy (non-hydrogen) atoms. The summed E-state index contributed by atoms with van der Waals surface area (Å²) in [5.41, 5.74) is 0.424. The van der Waals surface area contributed by atoms with Crippen LogP contribution in [0.25, 0.3) is 10.8 Å². The molecule has 0 spiro atoms. The second-order valence-corrected chi connectivity index (χ2v) is 10.7. The smallest absolute Gasteiger partial charge is 0.325 e. The lowest BCUT2D eigenvalue weighted by Gasteiger charge is -2.28. The van der Waals surface area contributed by atoms with E-state index in [0.717, 1.165) is 16.3 Å². The standard InChI is InChI=1S/C25H31N3O4S/c1-18(28-33(30,31)22-11-10-21-17-26-14-13-20(21)16-22)23(24(29)32-25(2,3)4)27-15-12-19-8-6-5-7-9-19/h5-11,13-14,16-18,23,27-28H,12,15H2,1-4H3/t18-,23?/m1/s1. The SMILES string of the molecule is C[C@@H](NS(=O)(=O)c1ccc2cnccc2c1)C(NCCc1ccccc1)C(=O)OC(C)(C)C. The third kappa shape index (κ3) is 7.08. The summed E-state index contributed by atoms with van der Waals surface area (Å²) < 4.78 is 34.4. The predicted octanol–water partition coefficient (Wildman–Crippen LogP) is 3.44. The second kappa shape index (κ2) is 10.4. The predicted molar refractivity (Wildman–Crippen MR) is 129 cm³/mol. The lowest BCUT2D eigenvalue weighted by atomic mass is 10.1. The fourth-order valence-electron chi connectivity index (χ4n) is 3.46. The van der Waals surface area contributed by atoms with Gasteiger partial charge in [-0.1, -0.05) is 36.4 Å². The molecule has 0 aliphatic rings. The van der Waals surface area contributed by atoms with Crippen LogP contribution in [-0.4, -0.2) is 43.6 Å². The maximum Gasteiger partial charge on any atom is 0.325 e. The molecule has 7 nitrogen and oxygen atoms in total. The van der Waals surface area contributed by atoms with Crippen LogP contribution in [0.1, 0.15) is 33.3 Å². The summed E-state index contributed by atoms with van der Waals surface area (Å²) in [6, 6.07) is 14.9. The third-order valence-corrected chi connectivity index (χ3v) is 6.60. The molecule has 1 aromatic heterocycles. The zero-order chi connectivity index (χ0) is 24.1. The molecule has 0 amide bonds. The van der Waals surface area contributed by atoms with Crippen molar-refractivity contribution < 1.29 is 17.9 Å². The maximum absolute atomic E-state index is 13.1. The van der Waals surface area contributed by atoms with E-state index in [1.807, 2.05) is 30.3 Å². The van der Waals surface area contributed by atoms with E-state index in [-0.39, 0.29) is 4.90 Å². The molecular weight excluding hydrogens is 438 g/mol. The number of fused-ring (bicyclic) bond motifs is 1. The number of nitrogens with zero attached hydrogens (tertiary/aromatic N) is 1. The molecule has 2 atom stereocenters. The first-order valence-electron chi connectivity index (χ1n) is 10.9. The average Bonchev–Trinajstić information content (AvgIpc) is 2.75. The minimum atomic E-state index is -3.87. The van der Waals surface area contributed by atoms with Crippen LogP contribution in [0, 0.1) is 0 Å². The summed E-state index contributed by atoms with van der Waals surface area (Å²) in [6.45, 7) is 7.50. The molecule has 0 fully saturated rings. The minimum Gasteiger partial charge on any atom is -0.459 e. The zero-order valence-corrected chi connectivity index (χ0v) is 20.2. The Labute approximate surface area is 195 Å².